The van der Waals surface area contributed by atoms with Gasteiger partial charge in [0.2, 0.25) is 29.5 Å². The average molecular weight is 1120 g/mol. The number of aliphatic hydroxyl groups is 1. The number of ketones is 3. The minimum atomic E-state index is -1.26. The number of amides is 5. The normalized spacial score (nSPS) is 21.6. The zero-order valence-electron chi connectivity index (χ0n) is 46.3. The Bertz CT molecular complexity index is 2910. The summed E-state index contributed by atoms with van der Waals surface area (Å²) in [5.41, 5.74) is 4.18. The second-order valence-electron chi connectivity index (χ2n) is 21.1. The standard InChI is InChI=1S/C60H78N8O9S2/c1-35(2)54-53(72)31-45(57(74)68-55(37(4)69)38(5)70)33-78-79-34-51(66-59(76)49(62-7)28-40-23-24-41-14-8-9-15-42(41)27-40)52(71)30-43(26-39-21-19-36(3)20-22-39)56(73)65-50(29-44-32-63-47-17-11-10-16-46(44)47)60(77)64-48(58(75)67-54)18-12-13-25-61-6/h8-11,14-17,19-24,27,32,35,37,43,45,48-51,54-55,61-63,69H,12-13,18,25-26,28-31,33-34H2,1-7H3,(H,64,77)(H,65,73)(H,66,76)(H,67,75)(H,68,74)/t37-,43-,45-,48+,49-,50-,51-,54+,55+/m1/s1. The first kappa shape index (κ1) is 61.8. The predicted octanol–water partition coefficient (Wildman–Crippen LogP) is 5.23. The van der Waals surface area contributed by atoms with Gasteiger partial charge in [-0.2, -0.15) is 0 Å². The summed E-state index contributed by atoms with van der Waals surface area (Å²) in [6, 6.07) is 22.3. The van der Waals surface area contributed by atoms with Crippen molar-refractivity contribution in [1.29, 1.82) is 0 Å². The fourth-order valence-corrected chi connectivity index (χ4v) is 12.3. The number of nitrogens with one attached hydrogen (secondary N) is 8. The molecule has 0 bridgehead atoms. The molecule has 5 aromatic rings. The molecular weight excluding hydrogens is 1040 g/mol. The molecule has 0 spiro atoms. The van der Waals surface area contributed by atoms with Gasteiger partial charge in [-0.1, -0.05) is 126 Å². The molecule has 9 N–H and O–H groups in total. The van der Waals surface area contributed by atoms with Crippen molar-refractivity contribution in [3.63, 3.8) is 0 Å². The first-order valence-electron chi connectivity index (χ1n) is 27.3. The number of benzene rings is 4. The topological polar surface area (TPSA) is 257 Å². The van der Waals surface area contributed by atoms with Crippen LogP contribution in [0.5, 0.6) is 0 Å². The van der Waals surface area contributed by atoms with Crippen molar-refractivity contribution < 1.29 is 43.5 Å². The number of para-hydroxylation sites is 1. The molecule has 19 heteroatoms. The summed E-state index contributed by atoms with van der Waals surface area (Å²) >= 11 is 0. The highest BCUT2D eigenvalue weighted by Gasteiger charge is 2.37. The Hall–Kier alpha value is -6.38. The average Bonchev–Trinajstić information content (AvgIpc) is 3.88. The molecule has 6 rings (SSSR count). The Labute approximate surface area is 471 Å². The number of hydrogen-bond donors (Lipinski definition) is 9. The van der Waals surface area contributed by atoms with Gasteiger partial charge < -0.3 is 47.3 Å². The van der Waals surface area contributed by atoms with Gasteiger partial charge in [0.05, 0.1) is 30.1 Å². The largest absolute Gasteiger partial charge is 0.391 e. The second kappa shape index (κ2) is 30.3. The van der Waals surface area contributed by atoms with Gasteiger partial charge in [0.25, 0.3) is 0 Å². The van der Waals surface area contributed by atoms with E-state index in [1.165, 1.54) is 35.4 Å². The number of aromatic nitrogens is 1. The zero-order valence-corrected chi connectivity index (χ0v) is 48.0. The van der Waals surface area contributed by atoms with E-state index in [1.54, 1.807) is 27.1 Å². The van der Waals surface area contributed by atoms with E-state index in [-0.39, 0.29) is 43.6 Å². The summed E-state index contributed by atoms with van der Waals surface area (Å²) in [5, 5.41) is 34.0. The molecule has 1 fully saturated rings. The second-order valence-corrected chi connectivity index (χ2v) is 23.7. The van der Waals surface area contributed by atoms with E-state index < -0.39 is 107 Å². The SMILES string of the molecule is CNCCCC[C@@H]1NC(=O)[C@@H](Cc2c[nH]c3ccccc23)NC(=O)[C@H](Cc2ccc(C)cc2)CC(=O)[C@H](NC(=O)[C@@H](Cc2ccc3ccccc3c2)NC)CSSC[C@H](C(=O)N[C@H](C(C)=O)[C@@H](C)O)CC(=O)[C@H](C(C)C)NC1=O. The third-order valence-corrected chi connectivity index (χ3v) is 17.0. The molecule has 79 heavy (non-hydrogen) atoms. The maximum atomic E-state index is 15.1. The van der Waals surface area contributed by atoms with Gasteiger partial charge in [-0.25, -0.2) is 0 Å². The summed E-state index contributed by atoms with van der Waals surface area (Å²) in [4.78, 5) is 119. The minimum Gasteiger partial charge on any atom is -0.391 e. The zero-order chi connectivity index (χ0) is 57.2. The number of carbonyl (C=O) groups excluding carboxylic acids is 8. The Morgan fingerprint density at radius 2 is 1.41 bits per heavy atom. The van der Waals surface area contributed by atoms with Gasteiger partial charge in [-0.05, 0) is 113 Å². The summed E-state index contributed by atoms with van der Waals surface area (Å²) in [6.07, 6.45) is 1.57. The number of fused-ring (bicyclic) bond motifs is 2. The van der Waals surface area contributed by atoms with Gasteiger partial charge in [0.1, 0.15) is 18.1 Å². The maximum absolute atomic E-state index is 15.1. The number of aryl methyl sites for hydroxylation is 1. The lowest BCUT2D eigenvalue weighted by molar-refractivity contribution is -0.136. The summed E-state index contributed by atoms with van der Waals surface area (Å²) in [5.74, 6) is -7.05. The molecule has 9 atom stereocenters. The summed E-state index contributed by atoms with van der Waals surface area (Å²) in [7, 11) is 5.85. The van der Waals surface area contributed by atoms with Crippen molar-refractivity contribution >= 4 is 90.1 Å². The summed E-state index contributed by atoms with van der Waals surface area (Å²) < 4.78 is 0. The fourth-order valence-electron chi connectivity index (χ4n) is 9.83. The van der Waals surface area contributed by atoms with Crippen molar-refractivity contribution in [3.8, 4) is 0 Å². The highest BCUT2D eigenvalue weighted by atomic mass is 33.1. The van der Waals surface area contributed by atoms with E-state index in [2.05, 4.69) is 42.2 Å². The highest BCUT2D eigenvalue weighted by molar-refractivity contribution is 8.76. The Morgan fingerprint density at radius 1 is 0.734 bits per heavy atom. The van der Waals surface area contributed by atoms with Crippen LogP contribution in [-0.4, -0.2) is 131 Å². The van der Waals surface area contributed by atoms with Crippen molar-refractivity contribution in [2.24, 2.45) is 17.8 Å². The number of aromatic amines is 1. The number of rotatable bonds is 19. The van der Waals surface area contributed by atoms with Crippen LogP contribution in [0.1, 0.15) is 82.1 Å². The third kappa shape index (κ3) is 18.1. The monoisotopic (exact) mass is 1120 g/mol. The van der Waals surface area contributed by atoms with E-state index in [1.807, 2.05) is 105 Å². The van der Waals surface area contributed by atoms with Gasteiger partial charge in [0, 0.05) is 53.8 Å². The number of H-pyrrole nitrogens is 1. The molecule has 0 unspecified atom stereocenters. The molecule has 1 aliphatic heterocycles. The lowest BCUT2D eigenvalue weighted by Crippen LogP contribution is -2.57. The quantitative estimate of drug-likeness (QED) is 0.0380. The number of carbonyl (C=O) groups is 8. The number of Topliss-reactive ketones (excluding diaryl/α,β-unsaturated/α-hetero) is 3. The van der Waals surface area contributed by atoms with E-state index in [0.717, 1.165) is 43.9 Å². The molecule has 5 amide bonds. The number of unbranched alkanes of at least 4 members (excludes halogenated alkanes) is 1. The van der Waals surface area contributed by atoms with Crippen LogP contribution in [0.3, 0.4) is 0 Å². The van der Waals surface area contributed by atoms with E-state index in [0.29, 0.717) is 25.8 Å². The van der Waals surface area contributed by atoms with E-state index in [9.17, 15) is 33.9 Å². The van der Waals surface area contributed by atoms with Crippen LogP contribution in [0, 0.1) is 24.7 Å². The van der Waals surface area contributed by atoms with Crippen LogP contribution in [0.25, 0.3) is 21.7 Å². The van der Waals surface area contributed by atoms with Gasteiger partial charge >= 0.3 is 0 Å². The molecule has 2 heterocycles. The summed E-state index contributed by atoms with van der Waals surface area (Å²) in [6.45, 7) is 8.71. The van der Waals surface area contributed by atoms with E-state index >= 15 is 9.59 Å². The van der Waals surface area contributed by atoms with Crippen LogP contribution in [0.15, 0.2) is 97.2 Å². The van der Waals surface area contributed by atoms with Crippen LogP contribution in [0.2, 0.25) is 0 Å². The molecule has 1 aliphatic rings. The molecular formula is C60H78N8O9S2. The molecule has 1 saturated heterocycles. The molecule has 0 saturated carbocycles. The molecule has 0 aliphatic carbocycles. The smallest absolute Gasteiger partial charge is 0.243 e. The molecule has 1 aromatic heterocycles. The van der Waals surface area contributed by atoms with Crippen molar-refractivity contribution in [3.05, 3.63) is 119 Å². The van der Waals surface area contributed by atoms with Crippen molar-refractivity contribution in [2.75, 3.05) is 32.1 Å². The van der Waals surface area contributed by atoms with Crippen LogP contribution >= 0.6 is 21.6 Å². The lowest BCUT2D eigenvalue weighted by Gasteiger charge is -2.29. The number of aliphatic hydroxyl groups excluding tert-OH is 1. The molecule has 424 valence electrons. The molecule has 4 aromatic carbocycles. The van der Waals surface area contributed by atoms with Gasteiger partial charge in [0.15, 0.2) is 17.3 Å². The van der Waals surface area contributed by atoms with Gasteiger partial charge in [-0.15, -0.1) is 0 Å². The Kier molecular flexibility index (Phi) is 23.7. The first-order chi connectivity index (χ1) is 37.8. The Balaban J connectivity index is 1.41. The van der Waals surface area contributed by atoms with Crippen LogP contribution in [0.4, 0.5) is 0 Å². The third-order valence-electron chi connectivity index (χ3n) is 14.5. The van der Waals surface area contributed by atoms with Gasteiger partial charge in [-0.3, -0.25) is 38.4 Å². The fraction of sp³-hybridized carbons (Fsp3) is 0.467. The number of likely N-dealkylation sites (N-methyl/N-ethyl adjacent to an activating group) is 1. The molecule has 17 nitrogen and oxygen atoms in total. The first-order valence-corrected chi connectivity index (χ1v) is 29.7. The highest BCUT2D eigenvalue weighted by Crippen LogP contribution is 2.29. The molecule has 0 radical (unpaired) electrons. The van der Waals surface area contributed by atoms with Crippen LogP contribution in [-0.2, 0) is 57.6 Å². The predicted molar refractivity (Wildman–Crippen MR) is 313 cm³/mol. The maximum Gasteiger partial charge on any atom is 0.243 e. The van der Waals surface area contributed by atoms with Crippen molar-refractivity contribution in [2.45, 2.75) is 128 Å². The van der Waals surface area contributed by atoms with Crippen molar-refractivity contribution in [1.82, 2.24) is 42.2 Å². The number of hydrogen-bond acceptors (Lipinski definition) is 13. The lowest BCUT2D eigenvalue weighted by atomic mass is 9.90. The Morgan fingerprint density at radius 3 is 2.10 bits per heavy atom. The van der Waals surface area contributed by atoms with Crippen LogP contribution < -0.4 is 37.2 Å². The minimum absolute atomic E-state index is 0.00609. The van der Waals surface area contributed by atoms with E-state index in [4.69, 9.17) is 0 Å².